The average molecular weight is 402 g/mol. The Balaban J connectivity index is 1.61. The first-order chi connectivity index (χ1) is 13.8. The van der Waals surface area contributed by atoms with Crippen molar-refractivity contribution in [1.82, 2.24) is 0 Å². The Kier molecular flexibility index (Phi) is 5.63. The molecule has 0 aliphatic heterocycles. The van der Waals surface area contributed by atoms with Gasteiger partial charge in [0.05, 0.1) is 16.2 Å². The molecule has 2 aromatic carbocycles. The highest BCUT2D eigenvalue weighted by atomic mass is 19.1. The molecule has 1 aromatic heterocycles. The third-order valence-electron chi connectivity index (χ3n) is 3.72. The zero-order chi connectivity index (χ0) is 21.0. The van der Waals surface area contributed by atoms with Crippen molar-refractivity contribution < 1.29 is 32.4 Å². The molecule has 1 amide bonds. The molecule has 0 radical (unpaired) electrons. The van der Waals surface area contributed by atoms with E-state index in [-0.39, 0.29) is 17.1 Å². The molecule has 0 saturated heterocycles. The van der Waals surface area contributed by atoms with Crippen LogP contribution in [0.15, 0.2) is 59.0 Å². The largest absolute Gasteiger partial charge is 0.450 e. The van der Waals surface area contributed by atoms with Crippen LogP contribution in [0.5, 0.6) is 0 Å². The average Bonchev–Trinajstić information content (AvgIpc) is 3.18. The van der Waals surface area contributed by atoms with E-state index >= 15 is 0 Å². The lowest BCUT2D eigenvalue weighted by molar-refractivity contribution is -0.384. The Bertz CT molecular complexity index is 1100. The van der Waals surface area contributed by atoms with Crippen LogP contribution in [0, 0.1) is 21.7 Å². The lowest BCUT2D eigenvalue weighted by atomic mass is 10.1. The number of nitro groups is 1. The zero-order valence-corrected chi connectivity index (χ0v) is 14.6. The number of carbonyl (C=O) groups is 2. The highest BCUT2D eigenvalue weighted by Gasteiger charge is 2.18. The number of amides is 1. The van der Waals surface area contributed by atoms with Gasteiger partial charge in [-0.1, -0.05) is 12.1 Å². The summed E-state index contributed by atoms with van der Waals surface area (Å²) in [5, 5.41) is 12.8. The number of hydrogen-bond acceptors (Lipinski definition) is 6. The fourth-order valence-electron chi connectivity index (χ4n) is 2.36. The molecule has 10 heteroatoms. The van der Waals surface area contributed by atoms with E-state index in [0.29, 0.717) is 0 Å². The van der Waals surface area contributed by atoms with E-state index in [4.69, 9.17) is 9.15 Å². The van der Waals surface area contributed by atoms with Crippen LogP contribution < -0.4 is 5.32 Å². The van der Waals surface area contributed by atoms with Crippen molar-refractivity contribution in [3.8, 4) is 11.3 Å². The van der Waals surface area contributed by atoms with E-state index < -0.39 is 46.4 Å². The smallest absolute Gasteiger partial charge is 0.374 e. The maximum atomic E-state index is 13.8. The third-order valence-corrected chi connectivity index (χ3v) is 3.72. The predicted molar refractivity (Wildman–Crippen MR) is 96.1 cm³/mol. The first kappa shape index (κ1) is 19.7. The van der Waals surface area contributed by atoms with E-state index in [2.05, 4.69) is 5.32 Å². The number of hydrogen-bond donors (Lipinski definition) is 1. The van der Waals surface area contributed by atoms with Gasteiger partial charge in [-0.2, -0.15) is 0 Å². The summed E-state index contributed by atoms with van der Waals surface area (Å²) in [4.78, 5) is 33.8. The van der Waals surface area contributed by atoms with Gasteiger partial charge >= 0.3 is 5.97 Å². The summed E-state index contributed by atoms with van der Waals surface area (Å²) < 4.78 is 37.4. The molecule has 3 aromatic rings. The second-order valence-electron chi connectivity index (χ2n) is 5.69. The van der Waals surface area contributed by atoms with Crippen molar-refractivity contribution in [1.29, 1.82) is 0 Å². The van der Waals surface area contributed by atoms with Gasteiger partial charge < -0.3 is 14.5 Å². The number of nitrogens with zero attached hydrogens (tertiary/aromatic N) is 1. The van der Waals surface area contributed by atoms with Gasteiger partial charge in [-0.25, -0.2) is 13.6 Å². The first-order valence-electron chi connectivity index (χ1n) is 8.11. The molecule has 0 atom stereocenters. The number of ether oxygens (including phenoxy) is 1. The highest BCUT2D eigenvalue weighted by molar-refractivity contribution is 5.95. The monoisotopic (exact) mass is 402 g/mol. The number of nitro benzene ring substituents is 1. The molecule has 0 aliphatic carbocycles. The normalized spacial score (nSPS) is 10.4. The minimum Gasteiger partial charge on any atom is -0.450 e. The molecule has 3 rings (SSSR count). The molecule has 0 saturated carbocycles. The Labute approximate surface area is 161 Å². The van der Waals surface area contributed by atoms with E-state index in [9.17, 15) is 28.5 Å². The molecule has 8 nitrogen and oxygen atoms in total. The maximum absolute atomic E-state index is 13.8. The van der Waals surface area contributed by atoms with Crippen LogP contribution in [0.25, 0.3) is 11.3 Å². The molecule has 0 aliphatic rings. The molecule has 1 N–H and O–H groups in total. The number of nitrogens with one attached hydrogen (secondary N) is 1. The number of non-ortho nitro benzene ring substituents is 1. The molecule has 0 unspecified atom stereocenters. The lowest BCUT2D eigenvalue weighted by Crippen LogP contribution is -2.21. The topological polar surface area (TPSA) is 112 Å². The maximum Gasteiger partial charge on any atom is 0.374 e. The van der Waals surface area contributed by atoms with E-state index in [1.165, 1.54) is 30.3 Å². The van der Waals surface area contributed by atoms with E-state index in [1.807, 2.05) is 0 Å². The van der Waals surface area contributed by atoms with Crippen LogP contribution in [0.3, 0.4) is 0 Å². The molecule has 29 heavy (non-hydrogen) atoms. The van der Waals surface area contributed by atoms with Gasteiger partial charge in [-0.15, -0.1) is 0 Å². The molecule has 1 heterocycles. The summed E-state index contributed by atoms with van der Waals surface area (Å²) >= 11 is 0. The highest BCUT2D eigenvalue weighted by Crippen LogP contribution is 2.25. The van der Waals surface area contributed by atoms with Gasteiger partial charge in [0.25, 0.3) is 11.6 Å². The third kappa shape index (κ3) is 4.61. The summed E-state index contributed by atoms with van der Waals surface area (Å²) in [6, 6.07) is 11.0. The summed E-state index contributed by atoms with van der Waals surface area (Å²) in [5.41, 5.74) is -0.708. The molecular formula is C19H12F2N2O6. The molecule has 0 bridgehead atoms. The fourth-order valence-corrected chi connectivity index (χ4v) is 2.36. The Hall–Kier alpha value is -4.08. The molecular weight excluding hydrogens is 390 g/mol. The predicted octanol–water partition coefficient (Wildman–Crippen LogP) is 3.93. The van der Waals surface area contributed by atoms with Gasteiger partial charge in [0, 0.05) is 12.1 Å². The van der Waals surface area contributed by atoms with E-state index in [0.717, 1.165) is 18.2 Å². The summed E-state index contributed by atoms with van der Waals surface area (Å²) in [6.07, 6.45) is 0. The number of anilines is 1. The van der Waals surface area contributed by atoms with Gasteiger partial charge in [0.2, 0.25) is 5.76 Å². The molecule has 148 valence electrons. The van der Waals surface area contributed by atoms with Crippen LogP contribution in [0.2, 0.25) is 0 Å². The van der Waals surface area contributed by atoms with E-state index in [1.54, 1.807) is 6.07 Å². The van der Waals surface area contributed by atoms with Gasteiger partial charge in [-0.05, 0) is 30.3 Å². The number of halogens is 2. The van der Waals surface area contributed by atoms with Crippen molar-refractivity contribution in [2.45, 2.75) is 0 Å². The second-order valence-corrected chi connectivity index (χ2v) is 5.69. The fraction of sp³-hybridized carbons (Fsp3) is 0.0526. The van der Waals surface area contributed by atoms with Crippen LogP contribution >= 0.6 is 0 Å². The zero-order valence-electron chi connectivity index (χ0n) is 14.6. The quantitative estimate of drug-likeness (QED) is 0.380. The van der Waals surface area contributed by atoms with Crippen LogP contribution in [0.1, 0.15) is 10.6 Å². The first-order valence-corrected chi connectivity index (χ1v) is 8.11. The number of benzene rings is 2. The van der Waals surface area contributed by atoms with Crippen molar-refractivity contribution in [2.24, 2.45) is 0 Å². The number of furan rings is 1. The Morgan fingerprint density at radius 2 is 1.83 bits per heavy atom. The van der Waals surface area contributed by atoms with Gasteiger partial charge in [0.1, 0.15) is 17.4 Å². The number of rotatable bonds is 6. The summed E-state index contributed by atoms with van der Waals surface area (Å²) in [7, 11) is 0. The van der Waals surface area contributed by atoms with Gasteiger partial charge in [-0.3, -0.25) is 14.9 Å². The van der Waals surface area contributed by atoms with Crippen molar-refractivity contribution in [3.63, 3.8) is 0 Å². The minimum atomic E-state index is -0.998. The Morgan fingerprint density at radius 3 is 2.55 bits per heavy atom. The van der Waals surface area contributed by atoms with Crippen molar-refractivity contribution in [2.75, 3.05) is 11.9 Å². The number of carbonyl (C=O) groups excluding carboxylic acids is 2. The second kappa shape index (κ2) is 8.30. The molecule has 0 spiro atoms. The summed E-state index contributed by atoms with van der Waals surface area (Å²) in [5.74, 6) is -3.52. The number of esters is 1. The van der Waals surface area contributed by atoms with Crippen LogP contribution in [0.4, 0.5) is 20.2 Å². The minimum absolute atomic E-state index is 0.0955. The standard InChI is InChI=1S/C19H12F2N2O6/c20-13-4-2-1-3-12(13)16-7-8-17(29-16)19(25)28-10-18(24)22-15-9-11(23(26)27)5-6-14(15)21/h1-9H,10H2,(H,22,24). The van der Waals surface area contributed by atoms with Crippen molar-refractivity contribution in [3.05, 3.63) is 82.1 Å². The van der Waals surface area contributed by atoms with Crippen LogP contribution in [-0.4, -0.2) is 23.4 Å². The van der Waals surface area contributed by atoms with Crippen LogP contribution in [-0.2, 0) is 9.53 Å². The molecule has 0 fully saturated rings. The Morgan fingerprint density at radius 1 is 1.07 bits per heavy atom. The van der Waals surface area contributed by atoms with Crippen molar-refractivity contribution >= 4 is 23.3 Å². The summed E-state index contributed by atoms with van der Waals surface area (Å²) in [6.45, 7) is -0.795. The SMILES string of the molecule is O=C(COC(=O)c1ccc(-c2ccccc2F)o1)Nc1cc([N+](=O)[O-])ccc1F. The lowest BCUT2D eigenvalue weighted by Gasteiger charge is -2.06. The van der Waals surface area contributed by atoms with Gasteiger partial charge in [0.15, 0.2) is 6.61 Å².